The maximum Gasteiger partial charge on any atom is 0.237 e. The number of rotatable bonds is 8. The van der Waals surface area contributed by atoms with Crippen molar-refractivity contribution < 1.29 is 9.59 Å². The molecule has 1 aliphatic heterocycles. The molecule has 3 rings (SSSR count). The predicted molar refractivity (Wildman–Crippen MR) is 108 cm³/mol. The molecular weight excluding hydrogens is 354 g/mol. The van der Waals surface area contributed by atoms with Gasteiger partial charge in [0.2, 0.25) is 11.8 Å². The molecule has 2 aromatic rings. The van der Waals surface area contributed by atoms with E-state index >= 15 is 0 Å². The number of hydrogen-bond donors (Lipinski definition) is 2. The predicted octanol–water partition coefficient (Wildman–Crippen LogP) is 1.31. The Hall–Kier alpha value is -2.93. The van der Waals surface area contributed by atoms with Gasteiger partial charge in [-0.3, -0.25) is 19.6 Å². The topological polar surface area (TPSA) is 81.3 Å². The molecule has 7 heteroatoms. The van der Waals surface area contributed by atoms with Gasteiger partial charge in [0.1, 0.15) is 0 Å². The summed E-state index contributed by atoms with van der Waals surface area (Å²) in [4.78, 5) is 28.8. The summed E-state index contributed by atoms with van der Waals surface area (Å²) in [5, 5.41) is 9.57. The fraction of sp³-hybridized carbons (Fsp3) is 0.381. The number of hydrogen-bond acceptors (Lipinski definition) is 4. The Kier molecular flexibility index (Phi) is 6.97. The van der Waals surface area contributed by atoms with Crippen molar-refractivity contribution in [2.45, 2.75) is 18.9 Å². The lowest BCUT2D eigenvalue weighted by molar-refractivity contribution is -0.137. The highest BCUT2D eigenvalue weighted by atomic mass is 16.2. The molecule has 1 fully saturated rings. The van der Waals surface area contributed by atoms with Crippen LogP contribution < -0.4 is 5.32 Å². The van der Waals surface area contributed by atoms with Crippen LogP contribution in [0.15, 0.2) is 48.8 Å². The van der Waals surface area contributed by atoms with E-state index in [0.717, 1.165) is 24.1 Å². The van der Waals surface area contributed by atoms with Gasteiger partial charge in [-0.2, -0.15) is 5.10 Å². The summed E-state index contributed by atoms with van der Waals surface area (Å²) < 4.78 is 0. The lowest BCUT2D eigenvalue weighted by atomic mass is 10.1. The number of nitrogens with zero attached hydrogens (tertiary/aromatic N) is 3. The summed E-state index contributed by atoms with van der Waals surface area (Å²) in [5.41, 5.74) is 2.18. The molecule has 1 atom stereocenters. The summed E-state index contributed by atoms with van der Waals surface area (Å²) in [6.07, 6.45) is 8.60. The van der Waals surface area contributed by atoms with Crippen LogP contribution >= 0.6 is 0 Å². The fourth-order valence-electron chi connectivity index (χ4n) is 3.25. The maximum atomic E-state index is 12.6. The minimum atomic E-state index is -0.432. The number of aromatic amines is 1. The van der Waals surface area contributed by atoms with E-state index in [1.165, 1.54) is 0 Å². The Bertz CT molecular complexity index is 788. The number of carbonyl (C=O) groups is 2. The molecule has 0 aliphatic carbocycles. The Morgan fingerprint density at radius 3 is 2.93 bits per heavy atom. The van der Waals surface area contributed by atoms with E-state index in [1.54, 1.807) is 18.1 Å². The minimum absolute atomic E-state index is 0.0254. The van der Waals surface area contributed by atoms with Gasteiger partial charge in [-0.1, -0.05) is 42.5 Å². The highest BCUT2D eigenvalue weighted by Gasteiger charge is 2.31. The SMILES string of the molecule is CN(CCc1cn[nH]c1)C(=O)CC1C(=O)NCCN1CC=Cc1ccccc1. The van der Waals surface area contributed by atoms with Crippen LogP contribution in [0.5, 0.6) is 0 Å². The summed E-state index contributed by atoms with van der Waals surface area (Å²) in [5.74, 6) is -0.0986. The summed E-state index contributed by atoms with van der Waals surface area (Å²) in [6, 6.07) is 9.61. The molecule has 2 amide bonds. The molecule has 1 unspecified atom stereocenters. The molecule has 1 aromatic heterocycles. The molecule has 2 N–H and O–H groups in total. The van der Waals surface area contributed by atoms with E-state index in [0.29, 0.717) is 19.6 Å². The Morgan fingerprint density at radius 2 is 2.18 bits per heavy atom. The number of piperazine rings is 1. The van der Waals surface area contributed by atoms with Gasteiger partial charge in [0.05, 0.1) is 18.7 Å². The summed E-state index contributed by atoms with van der Waals surface area (Å²) in [6.45, 7) is 2.58. The minimum Gasteiger partial charge on any atom is -0.353 e. The Balaban J connectivity index is 1.54. The first-order chi connectivity index (χ1) is 13.6. The second kappa shape index (κ2) is 9.85. The molecule has 28 heavy (non-hydrogen) atoms. The lowest BCUT2D eigenvalue weighted by Gasteiger charge is -2.34. The average molecular weight is 381 g/mol. The van der Waals surface area contributed by atoms with Crippen LogP contribution in [0, 0.1) is 0 Å². The third-order valence-corrected chi connectivity index (χ3v) is 4.98. The van der Waals surface area contributed by atoms with Crippen molar-refractivity contribution in [3.05, 3.63) is 59.9 Å². The van der Waals surface area contributed by atoms with Crippen molar-refractivity contribution in [2.75, 3.05) is 33.2 Å². The highest BCUT2D eigenvalue weighted by molar-refractivity contribution is 5.88. The van der Waals surface area contributed by atoms with Gasteiger partial charge in [0.25, 0.3) is 0 Å². The first-order valence-electron chi connectivity index (χ1n) is 9.58. The molecule has 0 saturated carbocycles. The van der Waals surface area contributed by atoms with Crippen LogP contribution in [0.3, 0.4) is 0 Å². The molecule has 0 radical (unpaired) electrons. The first-order valence-corrected chi connectivity index (χ1v) is 9.58. The monoisotopic (exact) mass is 381 g/mol. The zero-order valence-electron chi connectivity index (χ0n) is 16.2. The molecule has 7 nitrogen and oxygen atoms in total. The fourth-order valence-corrected chi connectivity index (χ4v) is 3.25. The molecule has 1 aromatic carbocycles. The Labute approximate surface area is 165 Å². The van der Waals surface area contributed by atoms with Gasteiger partial charge in [-0.15, -0.1) is 0 Å². The van der Waals surface area contributed by atoms with E-state index in [4.69, 9.17) is 0 Å². The second-order valence-corrected chi connectivity index (χ2v) is 6.99. The molecular formula is C21H27N5O2. The standard InChI is InChI=1S/C21H27N5O2/c1-25(12-9-18-15-23-24-16-18)20(27)14-19-21(28)22-10-13-26(19)11-5-8-17-6-3-2-4-7-17/h2-8,15-16,19H,9-14H2,1H3,(H,22,28)(H,23,24). The van der Waals surface area contributed by atoms with Crippen molar-refractivity contribution in [1.29, 1.82) is 0 Å². The van der Waals surface area contributed by atoms with E-state index in [2.05, 4.69) is 20.4 Å². The third-order valence-electron chi connectivity index (χ3n) is 4.98. The lowest BCUT2D eigenvalue weighted by Crippen LogP contribution is -2.56. The van der Waals surface area contributed by atoms with Gasteiger partial charge in [-0.05, 0) is 17.5 Å². The number of amides is 2. The highest BCUT2D eigenvalue weighted by Crippen LogP contribution is 2.12. The molecule has 1 aliphatic rings. The number of carbonyl (C=O) groups excluding carboxylic acids is 2. The van der Waals surface area contributed by atoms with Crippen molar-refractivity contribution in [2.24, 2.45) is 0 Å². The van der Waals surface area contributed by atoms with Gasteiger partial charge >= 0.3 is 0 Å². The average Bonchev–Trinajstić information content (AvgIpc) is 3.23. The van der Waals surface area contributed by atoms with Gasteiger partial charge in [0.15, 0.2) is 0 Å². The molecule has 1 saturated heterocycles. The van der Waals surface area contributed by atoms with Crippen LogP contribution in [0.4, 0.5) is 0 Å². The summed E-state index contributed by atoms with van der Waals surface area (Å²) >= 11 is 0. The Morgan fingerprint density at radius 1 is 1.36 bits per heavy atom. The van der Waals surface area contributed by atoms with Crippen molar-refractivity contribution in [3.8, 4) is 0 Å². The third kappa shape index (κ3) is 5.53. The van der Waals surface area contributed by atoms with E-state index in [9.17, 15) is 9.59 Å². The normalized spacial score (nSPS) is 17.6. The number of benzene rings is 1. The second-order valence-electron chi connectivity index (χ2n) is 6.99. The summed E-state index contributed by atoms with van der Waals surface area (Å²) in [7, 11) is 1.78. The zero-order chi connectivity index (χ0) is 19.8. The molecule has 2 heterocycles. The van der Waals surface area contributed by atoms with E-state index in [-0.39, 0.29) is 18.2 Å². The van der Waals surface area contributed by atoms with Crippen LogP contribution in [0.1, 0.15) is 17.5 Å². The molecule has 0 bridgehead atoms. The zero-order valence-corrected chi connectivity index (χ0v) is 16.2. The maximum absolute atomic E-state index is 12.6. The van der Waals surface area contributed by atoms with E-state index < -0.39 is 6.04 Å². The van der Waals surface area contributed by atoms with Crippen molar-refractivity contribution >= 4 is 17.9 Å². The number of H-pyrrole nitrogens is 1. The van der Waals surface area contributed by atoms with Crippen LogP contribution in [0.2, 0.25) is 0 Å². The number of aromatic nitrogens is 2. The quantitative estimate of drug-likeness (QED) is 0.723. The van der Waals surface area contributed by atoms with Crippen molar-refractivity contribution in [1.82, 2.24) is 25.3 Å². The van der Waals surface area contributed by atoms with Crippen LogP contribution in [-0.2, 0) is 16.0 Å². The van der Waals surface area contributed by atoms with Gasteiger partial charge < -0.3 is 10.2 Å². The number of likely N-dealkylation sites (N-methyl/N-ethyl adjacent to an activating group) is 1. The molecule has 0 spiro atoms. The largest absolute Gasteiger partial charge is 0.353 e. The molecule has 148 valence electrons. The smallest absolute Gasteiger partial charge is 0.237 e. The number of nitrogens with one attached hydrogen (secondary N) is 2. The van der Waals surface area contributed by atoms with Gasteiger partial charge in [0, 0.05) is 39.4 Å². The van der Waals surface area contributed by atoms with Crippen LogP contribution in [0.25, 0.3) is 6.08 Å². The van der Waals surface area contributed by atoms with E-state index in [1.807, 2.05) is 48.7 Å². The van der Waals surface area contributed by atoms with Crippen LogP contribution in [-0.4, -0.2) is 71.1 Å². The van der Waals surface area contributed by atoms with Crippen molar-refractivity contribution in [3.63, 3.8) is 0 Å². The van der Waals surface area contributed by atoms with Gasteiger partial charge in [-0.25, -0.2) is 0 Å². The first kappa shape index (κ1) is 19.8.